The first-order valence-corrected chi connectivity index (χ1v) is 7.94. The van der Waals surface area contributed by atoms with Crippen molar-refractivity contribution >= 4 is 23.2 Å². The molecule has 24 heavy (non-hydrogen) atoms. The summed E-state index contributed by atoms with van der Waals surface area (Å²) in [5, 5.41) is 9.33. The maximum atomic E-state index is 12.0. The molecule has 0 aliphatic carbocycles. The lowest BCUT2D eigenvalue weighted by Gasteiger charge is -2.10. The Bertz CT molecular complexity index is 709. The van der Waals surface area contributed by atoms with Crippen LogP contribution in [0.15, 0.2) is 28.8 Å². The van der Waals surface area contributed by atoms with Crippen LogP contribution < -0.4 is 10.6 Å². The second-order valence-electron chi connectivity index (χ2n) is 5.86. The molecule has 2 rings (SSSR count). The number of nitrogens with zero attached hydrogens (tertiary/aromatic N) is 2. The van der Waals surface area contributed by atoms with Crippen molar-refractivity contribution in [3.8, 4) is 0 Å². The lowest BCUT2D eigenvalue weighted by atomic mass is 10.2. The first kappa shape index (κ1) is 17.7. The average Bonchev–Trinajstić information content (AvgIpc) is 2.93. The molecule has 0 aliphatic rings. The van der Waals surface area contributed by atoms with Crippen LogP contribution in [0, 0.1) is 12.8 Å². The number of aromatic nitrogens is 2. The summed E-state index contributed by atoms with van der Waals surface area (Å²) < 4.78 is 5.00. The molecule has 2 amide bonds. The van der Waals surface area contributed by atoms with E-state index in [0.717, 1.165) is 0 Å². The minimum Gasteiger partial charge on any atom is -0.339 e. The lowest BCUT2D eigenvalue weighted by Crippen LogP contribution is -2.18. The summed E-state index contributed by atoms with van der Waals surface area (Å²) >= 11 is 0. The number of hydrogen-bond donors (Lipinski definition) is 2. The minimum absolute atomic E-state index is 0.0617. The third-order valence-electron chi connectivity index (χ3n) is 3.30. The fourth-order valence-electron chi connectivity index (χ4n) is 2.03. The molecule has 2 N–H and O–H groups in total. The van der Waals surface area contributed by atoms with E-state index in [9.17, 15) is 9.59 Å². The highest BCUT2D eigenvalue weighted by molar-refractivity contribution is 5.94. The van der Waals surface area contributed by atoms with Crippen LogP contribution in [0.5, 0.6) is 0 Å². The van der Waals surface area contributed by atoms with Crippen LogP contribution in [0.25, 0.3) is 0 Å². The summed E-state index contributed by atoms with van der Waals surface area (Å²) in [4.78, 5) is 27.8. The fraction of sp³-hybridized carbons (Fsp3) is 0.412. The highest BCUT2D eigenvalue weighted by Gasteiger charge is 2.09. The zero-order valence-electron chi connectivity index (χ0n) is 14.1. The number of aryl methyl sites for hydroxylation is 2. The van der Waals surface area contributed by atoms with E-state index in [-0.39, 0.29) is 17.7 Å². The largest absolute Gasteiger partial charge is 0.339 e. The van der Waals surface area contributed by atoms with Gasteiger partial charge in [0.25, 0.3) is 0 Å². The molecule has 0 bridgehead atoms. The van der Waals surface area contributed by atoms with E-state index in [1.165, 1.54) is 0 Å². The van der Waals surface area contributed by atoms with Gasteiger partial charge in [-0.05, 0) is 31.5 Å². The van der Waals surface area contributed by atoms with E-state index in [1.807, 2.05) is 13.8 Å². The molecular weight excluding hydrogens is 308 g/mol. The van der Waals surface area contributed by atoms with Gasteiger partial charge in [-0.1, -0.05) is 25.1 Å². The zero-order valence-corrected chi connectivity index (χ0v) is 14.1. The summed E-state index contributed by atoms with van der Waals surface area (Å²) in [6.07, 6.45) is 1.54. The van der Waals surface area contributed by atoms with Gasteiger partial charge in [-0.2, -0.15) is 4.98 Å². The Morgan fingerprint density at radius 3 is 2.54 bits per heavy atom. The van der Waals surface area contributed by atoms with Crippen molar-refractivity contribution in [3.05, 3.63) is 36.0 Å². The molecule has 1 aromatic heterocycles. The Labute approximate surface area is 140 Å². The van der Waals surface area contributed by atoms with Crippen LogP contribution in [0.2, 0.25) is 0 Å². The van der Waals surface area contributed by atoms with Gasteiger partial charge in [0.2, 0.25) is 17.7 Å². The number of hydrogen-bond acceptors (Lipinski definition) is 5. The monoisotopic (exact) mass is 330 g/mol. The topological polar surface area (TPSA) is 97.1 Å². The predicted molar refractivity (Wildman–Crippen MR) is 90.5 cm³/mol. The SMILES string of the molecule is Cc1noc(CCCC(=O)Nc2cccc(NC(=O)C(C)C)c2)n1. The molecule has 1 aromatic carbocycles. The number of carbonyl (C=O) groups excluding carboxylic acids is 2. The Morgan fingerprint density at radius 2 is 1.92 bits per heavy atom. The van der Waals surface area contributed by atoms with Crippen LogP contribution in [0.1, 0.15) is 38.4 Å². The standard InChI is InChI=1S/C17H22N4O3/c1-11(2)17(23)20-14-7-4-6-13(10-14)19-15(22)8-5-9-16-18-12(3)21-24-16/h4,6-7,10-11H,5,8-9H2,1-3H3,(H,19,22)(H,20,23). The maximum absolute atomic E-state index is 12.0. The Hall–Kier alpha value is -2.70. The average molecular weight is 330 g/mol. The lowest BCUT2D eigenvalue weighted by molar-refractivity contribution is -0.119. The third-order valence-corrected chi connectivity index (χ3v) is 3.30. The van der Waals surface area contributed by atoms with Crippen molar-refractivity contribution in [2.45, 2.75) is 40.0 Å². The third kappa shape index (κ3) is 5.49. The van der Waals surface area contributed by atoms with E-state index in [2.05, 4.69) is 20.8 Å². The predicted octanol–water partition coefficient (Wildman–Crippen LogP) is 2.93. The number of anilines is 2. The Morgan fingerprint density at radius 1 is 1.21 bits per heavy atom. The van der Waals surface area contributed by atoms with Crippen LogP contribution in [0.3, 0.4) is 0 Å². The first-order chi connectivity index (χ1) is 11.4. The molecule has 0 spiro atoms. The zero-order chi connectivity index (χ0) is 17.5. The number of rotatable bonds is 7. The van der Waals surface area contributed by atoms with E-state index >= 15 is 0 Å². The van der Waals surface area contributed by atoms with Gasteiger partial charge in [0.15, 0.2) is 5.82 Å². The van der Waals surface area contributed by atoms with Gasteiger partial charge in [0.1, 0.15) is 0 Å². The van der Waals surface area contributed by atoms with Crippen LogP contribution in [-0.4, -0.2) is 22.0 Å². The molecule has 0 fully saturated rings. The van der Waals surface area contributed by atoms with Crippen molar-refractivity contribution in [3.63, 3.8) is 0 Å². The van der Waals surface area contributed by atoms with Crippen molar-refractivity contribution in [1.29, 1.82) is 0 Å². The summed E-state index contributed by atoms with van der Waals surface area (Å²) in [6.45, 7) is 5.41. The molecule has 0 saturated carbocycles. The van der Waals surface area contributed by atoms with Crippen molar-refractivity contribution in [2.24, 2.45) is 5.92 Å². The van der Waals surface area contributed by atoms with E-state index in [0.29, 0.717) is 42.4 Å². The smallest absolute Gasteiger partial charge is 0.226 e. The van der Waals surface area contributed by atoms with Crippen LogP contribution in [0.4, 0.5) is 11.4 Å². The van der Waals surface area contributed by atoms with E-state index < -0.39 is 0 Å². The Kier molecular flexibility index (Phi) is 6.06. The van der Waals surface area contributed by atoms with Crippen molar-refractivity contribution in [1.82, 2.24) is 10.1 Å². The van der Waals surface area contributed by atoms with Crippen molar-refractivity contribution in [2.75, 3.05) is 10.6 Å². The molecule has 0 atom stereocenters. The number of amides is 2. The highest BCUT2D eigenvalue weighted by Crippen LogP contribution is 2.16. The molecule has 128 valence electrons. The highest BCUT2D eigenvalue weighted by atomic mass is 16.5. The van der Waals surface area contributed by atoms with Gasteiger partial charge in [-0.3, -0.25) is 9.59 Å². The normalized spacial score (nSPS) is 10.7. The number of benzene rings is 1. The van der Waals surface area contributed by atoms with Gasteiger partial charge in [0, 0.05) is 30.1 Å². The second kappa shape index (κ2) is 8.24. The molecule has 7 nitrogen and oxygen atoms in total. The molecule has 2 aromatic rings. The fourth-order valence-corrected chi connectivity index (χ4v) is 2.03. The minimum atomic E-state index is -0.100. The summed E-state index contributed by atoms with van der Waals surface area (Å²) in [5.41, 5.74) is 1.31. The quantitative estimate of drug-likeness (QED) is 0.813. The van der Waals surface area contributed by atoms with E-state index in [1.54, 1.807) is 31.2 Å². The molecular formula is C17H22N4O3. The number of carbonyl (C=O) groups is 2. The second-order valence-corrected chi connectivity index (χ2v) is 5.86. The van der Waals surface area contributed by atoms with E-state index in [4.69, 9.17) is 4.52 Å². The first-order valence-electron chi connectivity index (χ1n) is 7.94. The van der Waals surface area contributed by atoms with Gasteiger partial charge >= 0.3 is 0 Å². The summed E-state index contributed by atoms with van der Waals surface area (Å²) in [5.74, 6) is 0.872. The molecule has 1 heterocycles. The van der Waals surface area contributed by atoms with Gasteiger partial charge < -0.3 is 15.2 Å². The molecule has 0 radical (unpaired) electrons. The van der Waals surface area contributed by atoms with Gasteiger partial charge in [0.05, 0.1) is 0 Å². The van der Waals surface area contributed by atoms with Crippen LogP contribution >= 0.6 is 0 Å². The molecule has 0 saturated heterocycles. The molecule has 0 unspecified atom stereocenters. The molecule has 0 aliphatic heterocycles. The molecule has 7 heteroatoms. The van der Waals surface area contributed by atoms with Crippen LogP contribution in [-0.2, 0) is 16.0 Å². The number of nitrogens with one attached hydrogen (secondary N) is 2. The van der Waals surface area contributed by atoms with Crippen molar-refractivity contribution < 1.29 is 14.1 Å². The maximum Gasteiger partial charge on any atom is 0.226 e. The summed E-state index contributed by atoms with van der Waals surface area (Å²) in [7, 11) is 0. The van der Waals surface area contributed by atoms with Gasteiger partial charge in [-0.15, -0.1) is 0 Å². The van der Waals surface area contributed by atoms with Gasteiger partial charge in [-0.25, -0.2) is 0 Å². The summed E-state index contributed by atoms with van der Waals surface area (Å²) in [6, 6.07) is 7.09. The Balaban J connectivity index is 1.81.